The number of rotatable bonds is 14. The number of hydrogen-bond donors (Lipinski definition) is 2. The molecule has 0 aromatic carbocycles. The van der Waals surface area contributed by atoms with Crippen LogP contribution in [0.25, 0.3) is 0 Å². The Morgan fingerprint density at radius 1 is 0.889 bits per heavy atom. The average Bonchev–Trinajstić information content (AvgIpc) is 2.36. The molecular formula is C12H27NO5. The molecule has 0 aliphatic rings. The van der Waals surface area contributed by atoms with Gasteiger partial charge in [0.25, 0.3) is 0 Å². The van der Waals surface area contributed by atoms with Crippen molar-refractivity contribution < 1.29 is 24.1 Å². The Balaban J connectivity index is 2.98. The van der Waals surface area contributed by atoms with Crippen LogP contribution in [0.4, 0.5) is 0 Å². The van der Waals surface area contributed by atoms with E-state index in [1.165, 1.54) is 0 Å². The normalized spacial score (nSPS) is 12.8. The largest absolute Gasteiger partial charge is 0.391 e. The average molecular weight is 265 g/mol. The van der Waals surface area contributed by atoms with E-state index in [2.05, 4.69) is 5.32 Å². The molecule has 0 radical (unpaired) electrons. The van der Waals surface area contributed by atoms with Gasteiger partial charge in [-0.1, -0.05) is 0 Å². The van der Waals surface area contributed by atoms with Crippen molar-refractivity contribution in [3.05, 3.63) is 0 Å². The number of nitrogens with one attached hydrogen (secondary N) is 1. The summed E-state index contributed by atoms with van der Waals surface area (Å²) < 4.78 is 20.3. The summed E-state index contributed by atoms with van der Waals surface area (Å²) in [5.41, 5.74) is 0. The topological polar surface area (TPSA) is 69.2 Å². The minimum absolute atomic E-state index is 0.386. The first kappa shape index (κ1) is 17.8. The van der Waals surface area contributed by atoms with E-state index >= 15 is 0 Å². The minimum Gasteiger partial charge on any atom is -0.391 e. The standard InChI is InChI=1S/C12H27NO5/c1-15-7-8-18-10-9-17-6-5-13-4-3-12(14)11-16-2/h12-14H,3-11H2,1-2H3. The maximum atomic E-state index is 9.37. The third kappa shape index (κ3) is 13.8. The monoisotopic (exact) mass is 265 g/mol. The van der Waals surface area contributed by atoms with Crippen molar-refractivity contribution in [2.45, 2.75) is 12.5 Å². The zero-order chi connectivity index (χ0) is 13.5. The van der Waals surface area contributed by atoms with E-state index in [4.69, 9.17) is 18.9 Å². The Kier molecular flexibility index (Phi) is 14.6. The van der Waals surface area contributed by atoms with Crippen LogP contribution < -0.4 is 5.32 Å². The van der Waals surface area contributed by atoms with E-state index in [1.54, 1.807) is 14.2 Å². The maximum Gasteiger partial charge on any atom is 0.0785 e. The van der Waals surface area contributed by atoms with E-state index in [9.17, 15) is 5.11 Å². The van der Waals surface area contributed by atoms with Gasteiger partial charge in [0.15, 0.2) is 0 Å². The Bertz CT molecular complexity index is 159. The zero-order valence-electron chi connectivity index (χ0n) is 11.5. The van der Waals surface area contributed by atoms with Crippen molar-refractivity contribution >= 4 is 0 Å². The van der Waals surface area contributed by atoms with Crippen LogP contribution in [0.5, 0.6) is 0 Å². The molecule has 0 aliphatic carbocycles. The van der Waals surface area contributed by atoms with Crippen LogP contribution in [-0.4, -0.2) is 78.2 Å². The fraction of sp³-hybridized carbons (Fsp3) is 1.00. The van der Waals surface area contributed by atoms with Crippen molar-refractivity contribution in [3.63, 3.8) is 0 Å². The molecule has 2 N–H and O–H groups in total. The summed E-state index contributed by atoms with van der Waals surface area (Å²) in [4.78, 5) is 0. The second-order valence-electron chi connectivity index (χ2n) is 3.87. The Morgan fingerprint density at radius 3 is 2.22 bits per heavy atom. The van der Waals surface area contributed by atoms with Gasteiger partial charge in [-0.2, -0.15) is 0 Å². The first-order valence-electron chi connectivity index (χ1n) is 6.33. The summed E-state index contributed by atoms with van der Waals surface area (Å²) in [5.74, 6) is 0. The molecule has 0 fully saturated rings. The highest BCUT2D eigenvalue weighted by molar-refractivity contribution is 4.56. The number of aliphatic hydroxyl groups excluding tert-OH is 1. The molecule has 0 rings (SSSR count). The van der Waals surface area contributed by atoms with Crippen molar-refractivity contribution in [2.24, 2.45) is 0 Å². The highest BCUT2D eigenvalue weighted by Crippen LogP contribution is 1.89. The molecule has 6 nitrogen and oxygen atoms in total. The lowest BCUT2D eigenvalue weighted by atomic mass is 10.3. The van der Waals surface area contributed by atoms with Crippen molar-refractivity contribution in [2.75, 3.05) is 67.0 Å². The van der Waals surface area contributed by atoms with Gasteiger partial charge in [-0.05, 0) is 13.0 Å². The van der Waals surface area contributed by atoms with E-state index in [1.807, 2.05) is 0 Å². The third-order valence-corrected chi connectivity index (χ3v) is 2.24. The molecule has 110 valence electrons. The molecule has 0 amide bonds. The smallest absolute Gasteiger partial charge is 0.0785 e. The number of aliphatic hydroxyl groups is 1. The maximum absolute atomic E-state index is 9.37. The van der Waals surface area contributed by atoms with Crippen LogP contribution in [0.2, 0.25) is 0 Å². The van der Waals surface area contributed by atoms with Gasteiger partial charge in [0.2, 0.25) is 0 Å². The van der Waals surface area contributed by atoms with Crippen molar-refractivity contribution in [3.8, 4) is 0 Å². The van der Waals surface area contributed by atoms with Gasteiger partial charge < -0.3 is 29.4 Å². The molecule has 0 aliphatic heterocycles. The van der Waals surface area contributed by atoms with Crippen LogP contribution in [-0.2, 0) is 18.9 Å². The summed E-state index contributed by atoms with van der Waals surface area (Å²) in [7, 11) is 3.23. The predicted octanol–water partition coefficient (Wildman–Crippen LogP) is -0.347. The molecule has 0 heterocycles. The van der Waals surface area contributed by atoms with Gasteiger partial charge >= 0.3 is 0 Å². The van der Waals surface area contributed by atoms with Crippen LogP contribution in [0.1, 0.15) is 6.42 Å². The summed E-state index contributed by atoms with van der Waals surface area (Å²) >= 11 is 0. The second kappa shape index (κ2) is 14.8. The quantitative estimate of drug-likeness (QED) is 0.419. The Labute approximate surface area is 110 Å². The summed E-state index contributed by atoms with van der Waals surface area (Å²) in [6.45, 7) is 4.98. The molecule has 0 spiro atoms. The van der Waals surface area contributed by atoms with E-state index < -0.39 is 6.10 Å². The van der Waals surface area contributed by atoms with E-state index in [0.717, 1.165) is 13.1 Å². The van der Waals surface area contributed by atoms with Crippen LogP contribution >= 0.6 is 0 Å². The Hall–Kier alpha value is -0.240. The molecule has 0 aromatic heterocycles. The summed E-state index contributed by atoms with van der Waals surface area (Å²) in [5, 5.41) is 12.6. The van der Waals surface area contributed by atoms with Gasteiger partial charge in [0, 0.05) is 20.8 Å². The third-order valence-electron chi connectivity index (χ3n) is 2.24. The fourth-order valence-electron chi connectivity index (χ4n) is 1.28. The molecule has 0 aromatic rings. The lowest BCUT2D eigenvalue weighted by Crippen LogP contribution is -2.26. The highest BCUT2D eigenvalue weighted by Gasteiger charge is 2.01. The minimum atomic E-state index is -0.391. The molecule has 6 heteroatoms. The van der Waals surface area contributed by atoms with E-state index in [0.29, 0.717) is 46.1 Å². The van der Waals surface area contributed by atoms with Gasteiger partial charge in [-0.25, -0.2) is 0 Å². The summed E-state index contributed by atoms with van der Waals surface area (Å²) in [6, 6.07) is 0. The second-order valence-corrected chi connectivity index (χ2v) is 3.87. The van der Waals surface area contributed by atoms with Gasteiger partial charge in [-0.3, -0.25) is 0 Å². The lowest BCUT2D eigenvalue weighted by molar-refractivity contribution is 0.0252. The zero-order valence-corrected chi connectivity index (χ0v) is 11.5. The van der Waals surface area contributed by atoms with Crippen molar-refractivity contribution in [1.82, 2.24) is 5.32 Å². The predicted molar refractivity (Wildman–Crippen MR) is 68.9 cm³/mol. The molecule has 1 unspecified atom stereocenters. The lowest BCUT2D eigenvalue weighted by Gasteiger charge is -2.10. The molecule has 18 heavy (non-hydrogen) atoms. The molecule has 0 saturated carbocycles. The highest BCUT2D eigenvalue weighted by atomic mass is 16.5. The molecule has 1 atom stereocenters. The molecular weight excluding hydrogens is 238 g/mol. The molecule has 0 bridgehead atoms. The first-order chi connectivity index (χ1) is 8.81. The molecule has 0 saturated heterocycles. The fourth-order valence-corrected chi connectivity index (χ4v) is 1.28. The number of hydrogen-bond acceptors (Lipinski definition) is 6. The Morgan fingerprint density at radius 2 is 1.56 bits per heavy atom. The van der Waals surface area contributed by atoms with Gasteiger partial charge in [-0.15, -0.1) is 0 Å². The van der Waals surface area contributed by atoms with Crippen LogP contribution in [0.15, 0.2) is 0 Å². The van der Waals surface area contributed by atoms with Crippen LogP contribution in [0.3, 0.4) is 0 Å². The number of methoxy groups -OCH3 is 2. The van der Waals surface area contributed by atoms with Gasteiger partial charge in [0.1, 0.15) is 0 Å². The van der Waals surface area contributed by atoms with Gasteiger partial charge in [0.05, 0.1) is 45.7 Å². The first-order valence-corrected chi connectivity index (χ1v) is 6.33. The van der Waals surface area contributed by atoms with Crippen molar-refractivity contribution in [1.29, 1.82) is 0 Å². The van der Waals surface area contributed by atoms with Crippen LogP contribution in [0, 0.1) is 0 Å². The number of ether oxygens (including phenoxy) is 4. The van der Waals surface area contributed by atoms with E-state index in [-0.39, 0.29) is 0 Å². The SMILES string of the molecule is COCCOCCOCCNCCC(O)COC. The summed E-state index contributed by atoms with van der Waals surface area (Å²) in [6.07, 6.45) is 0.297.